The highest BCUT2D eigenvalue weighted by Gasteiger charge is 2.17. The van der Waals surface area contributed by atoms with Crippen molar-refractivity contribution >= 4 is 45.0 Å². The highest BCUT2D eigenvalue weighted by Crippen LogP contribution is 2.35. The lowest BCUT2D eigenvalue weighted by atomic mass is 10.2. The van der Waals surface area contributed by atoms with Gasteiger partial charge in [-0.15, -0.1) is 0 Å². The van der Waals surface area contributed by atoms with E-state index in [4.69, 9.17) is 32.5 Å². The van der Waals surface area contributed by atoms with Gasteiger partial charge in [-0.2, -0.15) is 0 Å². The average Bonchev–Trinajstić information content (AvgIpc) is 2.74. The molecule has 0 fully saturated rings. The maximum Gasteiger partial charge on any atom is 0.322 e. The van der Waals surface area contributed by atoms with Crippen LogP contribution in [-0.4, -0.2) is 16.7 Å². The Kier molecular flexibility index (Phi) is 2.76. The highest BCUT2D eigenvalue weighted by atomic mass is 35.5. The monoisotopic (exact) mass is 282 g/mol. The number of halogens is 2. The predicted octanol–water partition coefficient (Wildman–Crippen LogP) is 4.08. The molecule has 0 bridgehead atoms. The van der Waals surface area contributed by atoms with Gasteiger partial charge in [0, 0.05) is 10.4 Å². The van der Waals surface area contributed by atoms with E-state index in [0.717, 1.165) is 5.39 Å². The van der Waals surface area contributed by atoms with Gasteiger partial charge in [-0.3, -0.25) is 0 Å². The number of hydrogen-bond acceptors (Lipinski definition) is 4. The average molecular weight is 283 g/mol. The summed E-state index contributed by atoms with van der Waals surface area (Å²) in [6, 6.07) is 5.34. The standard InChI is InChI=1S/C12H8Cl2N2O2/c1-2-17-12-9-10(16-18-12)7-4-3-6(13)5-8(7)15-11(9)14/h3-5H,2H2,1H3. The molecule has 1 aromatic carbocycles. The summed E-state index contributed by atoms with van der Waals surface area (Å²) in [7, 11) is 0. The molecule has 2 heterocycles. The van der Waals surface area contributed by atoms with Gasteiger partial charge < -0.3 is 9.26 Å². The van der Waals surface area contributed by atoms with Crippen LogP contribution < -0.4 is 4.74 Å². The van der Waals surface area contributed by atoms with Crippen LogP contribution in [0.25, 0.3) is 21.8 Å². The summed E-state index contributed by atoms with van der Waals surface area (Å²) in [5, 5.41) is 6.30. The minimum atomic E-state index is 0.293. The van der Waals surface area contributed by atoms with Crippen LogP contribution in [0, 0.1) is 0 Å². The molecule has 2 aromatic heterocycles. The number of pyridine rings is 1. The van der Waals surface area contributed by atoms with E-state index in [1.807, 2.05) is 13.0 Å². The molecule has 0 aliphatic rings. The largest absolute Gasteiger partial charge is 0.464 e. The number of hydrogen-bond donors (Lipinski definition) is 0. The number of nitrogens with zero attached hydrogens (tertiary/aromatic N) is 2. The van der Waals surface area contributed by atoms with Crippen LogP contribution in [0.5, 0.6) is 5.95 Å². The first-order valence-electron chi connectivity index (χ1n) is 5.37. The van der Waals surface area contributed by atoms with E-state index >= 15 is 0 Å². The smallest absolute Gasteiger partial charge is 0.322 e. The van der Waals surface area contributed by atoms with Gasteiger partial charge in [-0.1, -0.05) is 28.4 Å². The molecule has 4 nitrogen and oxygen atoms in total. The lowest BCUT2D eigenvalue weighted by Gasteiger charge is -2.01. The summed E-state index contributed by atoms with van der Waals surface area (Å²) in [5.41, 5.74) is 1.31. The van der Waals surface area contributed by atoms with Crippen molar-refractivity contribution in [3.63, 3.8) is 0 Å². The molecular weight excluding hydrogens is 275 g/mol. The van der Waals surface area contributed by atoms with Crippen LogP contribution in [0.2, 0.25) is 10.2 Å². The summed E-state index contributed by atoms with van der Waals surface area (Å²) in [4.78, 5) is 4.28. The van der Waals surface area contributed by atoms with E-state index < -0.39 is 0 Å². The predicted molar refractivity (Wildman–Crippen MR) is 70.5 cm³/mol. The van der Waals surface area contributed by atoms with E-state index in [9.17, 15) is 0 Å². The van der Waals surface area contributed by atoms with Crippen LogP contribution in [0.15, 0.2) is 22.7 Å². The normalized spacial score (nSPS) is 11.3. The molecule has 0 atom stereocenters. The zero-order valence-corrected chi connectivity index (χ0v) is 10.9. The molecule has 92 valence electrons. The lowest BCUT2D eigenvalue weighted by molar-refractivity contribution is 0.230. The first-order valence-corrected chi connectivity index (χ1v) is 6.13. The zero-order chi connectivity index (χ0) is 12.7. The third-order valence-corrected chi connectivity index (χ3v) is 3.08. The van der Waals surface area contributed by atoms with Gasteiger partial charge in [-0.05, 0) is 25.1 Å². The minimum absolute atomic E-state index is 0.293. The van der Waals surface area contributed by atoms with E-state index in [1.165, 1.54) is 0 Å². The second kappa shape index (κ2) is 4.30. The van der Waals surface area contributed by atoms with Crippen LogP contribution in [0.3, 0.4) is 0 Å². The number of aromatic nitrogens is 2. The molecule has 0 saturated carbocycles. The summed E-state index contributed by atoms with van der Waals surface area (Å²) in [6.45, 7) is 2.33. The zero-order valence-electron chi connectivity index (χ0n) is 9.41. The molecule has 0 aliphatic carbocycles. The van der Waals surface area contributed by atoms with Crippen LogP contribution in [-0.2, 0) is 0 Å². The molecule has 0 saturated heterocycles. The van der Waals surface area contributed by atoms with E-state index in [1.54, 1.807) is 12.1 Å². The van der Waals surface area contributed by atoms with Crippen LogP contribution >= 0.6 is 23.2 Å². The van der Waals surface area contributed by atoms with Crippen molar-refractivity contribution in [2.45, 2.75) is 6.92 Å². The van der Waals surface area contributed by atoms with Crippen molar-refractivity contribution in [2.75, 3.05) is 6.61 Å². The van der Waals surface area contributed by atoms with E-state index in [-0.39, 0.29) is 0 Å². The summed E-state index contributed by atoms with van der Waals surface area (Å²) < 4.78 is 10.5. The fourth-order valence-electron chi connectivity index (χ4n) is 1.83. The SMILES string of the molecule is CCOc1onc2c1c(Cl)nc1cc(Cl)ccc12. The van der Waals surface area contributed by atoms with Gasteiger partial charge in [0.1, 0.15) is 16.1 Å². The van der Waals surface area contributed by atoms with Gasteiger partial charge >= 0.3 is 5.95 Å². The Hall–Kier alpha value is -1.52. The summed E-state index contributed by atoms with van der Waals surface area (Å²) >= 11 is 12.1. The third kappa shape index (κ3) is 1.69. The Morgan fingerprint density at radius 2 is 2.17 bits per heavy atom. The second-order valence-electron chi connectivity index (χ2n) is 3.69. The molecular formula is C12H8Cl2N2O2. The van der Waals surface area contributed by atoms with Crippen molar-refractivity contribution in [1.82, 2.24) is 10.1 Å². The van der Waals surface area contributed by atoms with Crippen LogP contribution in [0.1, 0.15) is 6.92 Å². The number of fused-ring (bicyclic) bond motifs is 3. The Bertz CT molecular complexity index is 740. The quantitative estimate of drug-likeness (QED) is 0.665. The second-order valence-corrected chi connectivity index (χ2v) is 4.49. The Morgan fingerprint density at radius 3 is 2.94 bits per heavy atom. The Balaban J connectivity index is 2.41. The summed E-state index contributed by atoms with van der Waals surface area (Å²) in [6.07, 6.45) is 0. The van der Waals surface area contributed by atoms with Gasteiger partial charge in [-0.25, -0.2) is 4.98 Å². The maximum atomic E-state index is 6.14. The lowest BCUT2D eigenvalue weighted by Crippen LogP contribution is -1.90. The molecule has 0 spiro atoms. The summed E-state index contributed by atoms with van der Waals surface area (Å²) in [5.74, 6) is 0.293. The number of benzene rings is 1. The van der Waals surface area contributed by atoms with Crippen molar-refractivity contribution in [3.8, 4) is 5.95 Å². The molecule has 18 heavy (non-hydrogen) atoms. The van der Waals surface area contributed by atoms with Crippen molar-refractivity contribution < 1.29 is 9.26 Å². The fraction of sp³-hybridized carbons (Fsp3) is 0.167. The van der Waals surface area contributed by atoms with Crippen molar-refractivity contribution in [2.24, 2.45) is 0 Å². The van der Waals surface area contributed by atoms with Crippen LogP contribution in [0.4, 0.5) is 0 Å². The van der Waals surface area contributed by atoms with Gasteiger partial charge in [0.2, 0.25) is 0 Å². The highest BCUT2D eigenvalue weighted by molar-refractivity contribution is 6.36. The Morgan fingerprint density at radius 1 is 1.33 bits per heavy atom. The van der Waals surface area contributed by atoms with E-state index in [2.05, 4.69) is 10.1 Å². The molecule has 0 radical (unpaired) electrons. The van der Waals surface area contributed by atoms with Gasteiger partial charge in [0.15, 0.2) is 0 Å². The van der Waals surface area contributed by atoms with Crippen molar-refractivity contribution in [3.05, 3.63) is 28.4 Å². The number of rotatable bonds is 2. The first-order chi connectivity index (χ1) is 8.70. The first kappa shape index (κ1) is 11.6. The Labute approximate surface area is 112 Å². The topological polar surface area (TPSA) is 48.2 Å². The molecule has 0 amide bonds. The molecule has 0 aliphatic heterocycles. The molecule has 6 heteroatoms. The van der Waals surface area contributed by atoms with E-state index in [0.29, 0.717) is 39.1 Å². The molecule has 3 aromatic rings. The van der Waals surface area contributed by atoms with Gasteiger partial charge in [0.05, 0.1) is 12.1 Å². The molecule has 0 N–H and O–H groups in total. The maximum absolute atomic E-state index is 6.14. The minimum Gasteiger partial charge on any atom is -0.464 e. The molecule has 3 rings (SSSR count). The molecule has 0 unspecified atom stereocenters. The third-order valence-electron chi connectivity index (χ3n) is 2.58. The number of ether oxygens (including phenoxy) is 1. The van der Waals surface area contributed by atoms with Crippen molar-refractivity contribution in [1.29, 1.82) is 0 Å². The fourth-order valence-corrected chi connectivity index (χ4v) is 2.25. The van der Waals surface area contributed by atoms with Gasteiger partial charge in [0.25, 0.3) is 0 Å².